The molecule has 2 aromatic rings. The van der Waals surface area contributed by atoms with Crippen LogP contribution in [0.5, 0.6) is 0 Å². The summed E-state index contributed by atoms with van der Waals surface area (Å²) in [6, 6.07) is 2.92. The first kappa shape index (κ1) is 12.4. The van der Waals surface area contributed by atoms with Crippen molar-refractivity contribution in [1.29, 1.82) is 0 Å². The molecule has 0 aliphatic carbocycles. The molecule has 0 saturated carbocycles. The zero-order valence-electron chi connectivity index (χ0n) is 8.32. The van der Waals surface area contributed by atoms with Gasteiger partial charge in [-0.15, -0.1) is 0 Å². The van der Waals surface area contributed by atoms with Crippen molar-refractivity contribution in [3.63, 3.8) is 0 Å². The number of halogens is 3. The van der Waals surface area contributed by atoms with Crippen molar-refractivity contribution in [2.45, 2.75) is 0 Å². The zero-order valence-corrected chi connectivity index (χ0v) is 11.4. The molecule has 0 aliphatic heterocycles. The lowest BCUT2D eigenvalue weighted by molar-refractivity contribution is 0.253. The molecule has 1 aromatic heterocycles. The van der Waals surface area contributed by atoms with Gasteiger partial charge >= 0.3 is 6.03 Å². The molecule has 1 N–H and O–H groups in total. The van der Waals surface area contributed by atoms with Gasteiger partial charge in [-0.05, 0) is 12.1 Å². The monoisotopic (exact) mass is 333 g/mol. The fourth-order valence-corrected chi connectivity index (χ4v) is 2.52. The van der Waals surface area contributed by atoms with Gasteiger partial charge in [0.25, 0.3) is 0 Å². The number of aromatic nitrogens is 2. The minimum absolute atomic E-state index is 0.359. The quantitative estimate of drug-likeness (QED) is 0.855. The largest absolute Gasteiger partial charge is 0.331 e. The van der Waals surface area contributed by atoms with Crippen molar-refractivity contribution in [1.82, 2.24) is 9.55 Å². The van der Waals surface area contributed by atoms with Gasteiger partial charge < -0.3 is 5.32 Å². The third-order valence-corrected chi connectivity index (χ3v) is 3.03. The number of amides is 1. The van der Waals surface area contributed by atoms with E-state index in [4.69, 9.17) is 23.2 Å². The first-order valence-corrected chi connectivity index (χ1v) is 6.06. The summed E-state index contributed by atoms with van der Waals surface area (Å²) in [5, 5.41) is 3.33. The number of benzene rings is 1. The lowest BCUT2D eigenvalue weighted by Crippen LogP contribution is -2.18. The summed E-state index contributed by atoms with van der Waals surface area (Å²) < 4.78 is 2.03. The summed E-state index contributed by atoms with van der Waals surface area (Å²) in [6.07, 6.45) is 4.41. The second kappa shape index (κ2) is 5.08. The predicted octanol–water partition coefficient (Wildman–Crippen LogP) is 4.03. The van der Waals surface area contributed by atoms with E-state index in [1.165, 1.54) is 23.3 Å². The van der Waals surface area contributed by atoms with Crippen molar-refractivity contribution in [3.05, 3.63) is 45.4 Å². The Kier molecular flexibility index (Phi) is 3.71. The van der Waals surface area contributed by atoms with Gasteiger partial charge in [0.15, 0.2) is 0 Å². The molecule has 0 unspecified atom stereocenters. The third kappa shape index (κ3) is 2.80. The Bertz CT molecular complexity index is 534. The van der Waals surface area contributed by atoms with Gasteiger partial charge in [-0.25, -0.2) is 9.78 Å². The van der Waals surface area contributed by atoms with Gasteiger partial charge in [-0.2, -0.15) is 0 Å². The van der Waals surface area contributed by atoms with E-state index < -0.39 is 0 Å². The molecule has 2 rings (SSSR count). The van der Waals surface area contributed by atoms with E-state index in [0.717, 1.165) is 4.47 Å². The maximum absolute atomic E-state index is 11.7. The van der Waals surface area contributed by atoms with E-state index in [1.54, 1.807) is 12.1 Å². The highest BCUT2D eigenvalue weighted by molar-refractivity contribution is 9.10. The van der Waals surface area contributed by atoms with Crippen LogP contribution in [0.2, 0.25) is 10.0 Å². The van der Waals surface area contributed by atoms with Crippen LogP contribution < -0.4 is 5.32 Å². The van der Waals surface area contributed by atoms with Crippen LogP contribution >= 0.6 is 39.1 Å². The van der Waals surface area contributed by atoms with E-state index in [2.05, 4.69) is 26.2 Å². The van der Waals surface area contributed by atoms with Crippen molar-refractivity contribution in [2.24, 2.45) is 0 Å². The van der Waals surface area contributed by atoms with E-state index in [9.17, 15) is 4.79 Å². The van der Waals surface area contributed by atoms with E-state index >= 15 is 0 Å². The Morgan fingerprint density at radius 3 is 2.53 bits per heavy atom. The summed E-state index contributed by atoms with van der Waals surface area (Å²) >= 11 is 15.2. The molecule has 0 radical (unpaired) electrons. The number of anilines is 1. The highest BCUT2D eigenvalue weighted by Gasteiger charge is 2.11. The third-order valence-electron chi connectivity index (χ3n) is 1.98. The normalized spacial score (nSPS) is 10.3. The Balaban J connectivity index is 2.28. The van der Waals surface area contributed by atoms with Gasteiger partial charge in [0.1, 0.15) is 6.33 Å². The van der Waals surface area contributed by atoms with Crippen molar-refractivity contribution >= 4 is 50.9 Å². The van der Waals surface area contributed by atoms with Crippen LogP contribution in [-0.2, 0) is 0 Å². The number of imidazole rings is 1. The molecule has 1 amide bonds. The summed E-state index contributed by atoms with van der Waals surface area (Å²) in [5.74, 6) is 0. The Labute approximate surface area is 116 Å². The van der Waals surface area contributed by atoms with Gasteiger partial charge in [-0.3, -0.25) is 4.57 Å². The molecule has 0 bridgehead atoms. The zero-order chi connectivity index (χ0) is 12.4. The molecular formula is C10H6BrCl2N3O. The molecule has 1 aromatic carbocycles. The smallest absolute Gasteiger partial charge is 0.304 e. The lowest BCUT2D eigenvalue weighted by atomic mass is 10.3. The number of carbonyl (C=O) groups is 1. The molecule has 0 spiro atoms. The summed E-state index contributed by atoms with van der Waals surface area (Å²) in [5.41, 5.74) is 0.371. The summed E-state index contributed by atoms with van der Waals surface area (Å²) in [6.45, 7) is 0. The molecule has 0 fully saturated rings. The number of nitrogens with one attached hydrogen (secondary N) is 1. The SMILES string of the molecule is O=C(Nc1c(Cl)cc(Br)cc1Cl)n1ccnc1. The number of hydrogen-bond donors (Lipinski definition) is 1. The highest BCUT2D eigenvalue weighted by atomic mass is 79.9. The van der Waals surface area contributed by atoms with Crippen LogP contribution in [0.25, 0.3) is 0 Å². The van der Waals surface area contributed by atoms with Crippen LogP contribution in [-0.4, -0.2) is 15.6 Å². The molecule has 4 nitrogen and oxygen atoms in total. The van der Waals surface area contributed by atoms with Gasteiger partial charge in [0.05, 0.1) is 15.7 Å². The second-order valence-corrected chi connectivity index (χ2v) is 4.87. The van der Waals surface area contributed by atoms with E-state index in [0.29, 0.717) is 15.7 Å². The lowest BCUT2D eigenvalue weighted by Gasteiger charge is -2.09. The van der Waals surface area contributed by atoms with Crippen LogP contribution in [0.3, 0.4) is 0 Å². The standard InChI is InChI=1S/C10H6BrCl2N3O/c11-6-3-7(12)9(8(13)4-6)15-10(17)16-2-1-14-5-16/h1-5H,(H,15,17). The molecule has 1 heterocycles. The minimum atomic E-state index is -0.381. The summed E-state index contributed by atoms with van der Waals surface area (Å²) in [4.78, 5) is 15.5. The summed E-state index contributed by atoms with van der Waals surface area (Å²) in [7, 11) is 0. The molecule has 0 atom stereocenters. The number of carbonyl (C=O) groups excluding carboxylic acids is 1. The number of hydrogen-bond acceptors (Lipinski definition) is 2. The van der Waals surface area contributed by atoms with Gasteiger partial charge in [0, 0.05) is 16.9 Å². The van der Waals surface area contributed by atoms with Crippen LogP contribution in [0.1, 0.15) is 0 Å². The topological polar surface area (TPSA) is 46.9 Å². The second-order valence-electron chi connectivity index (χ2n) is 3.14. The fourth-order valence-electron chi connectivity index (χ4n) is 1.21. The average molecular weight is 335 g/mol. The van der Waals surface area contributed by atoms with Crippen LogP contribution in [0.4, 0.5) is 10.5 Å². The van der Waals surface area contributed by atoms with Crippen molar-refractivity contribution in [2.75, 3.05) is 5.32 Å². The van der Waals surface area contributed by atoms with Crippen LogP contribution in [0.15, 0.2) is 35.3 Å². The maximum Gasteiger partial charge on any atom is 0.331 e. The molecule has 0 saturated heterocycles. The van der Waals surface area contributed by atoms with E-state index in [1.807, 2.05) is 0 Å². The predicted molar refractivity (Wildman–Crippen MR) is 70.8 cm³/mol. The van der Waals surface area contributed by atoms with Crippen LogP contribution in [0, 0.1) is 0 Å². The highest BCUT2D eigenvalue weighted by Crippen LogP contribution is 2.33. The Morgan fingerprint density at radius 2 is 2.00 bits per heavy atom. The first-order valence-electron chi connectivity index (χ1n) is 4.52. The Morgan fingerprint density at radius 1 is 1.35 bits per heavy atom. The number of rotatable bonds is 1. The minimum Gasteiger partial charge on any atom is -0.304 e. The molecule has 88 valence electrons. The fraction of sp³-hybridized carbons (Fsp3) is 0. The van der Waals surface area contributed by atoms with Crippen molar-refractivity contribution in [3.8, 4) is 0 Å². The van der Waals surface area contributed by atoms with E-state index in [-0.39, 0.29) is 6.03 Å². The molecule has 17 heavy (non-hydrogen) atoms. The molecule has 0 aliphatic rings. The van der Waals surface area contributed by atoms with Gasteiger partial charge in [-0.1, -0.05) is 39.1 Å². The first-order chi connectivity index (χ1) is 8.08. The average Bonchev–Trinajstić information content (AvgIpc) is 2.76. The Hall–Kier alpha value is -1.04. The molecular weight excluding hydrogens is 329 g/mol. The van der Waals surface area contributed by atoms with Gasteiger partial charge in [0.2, 0.25) is 0 Å². The van der Waals surface area contributed by atoms with Crippen molar-refractivity contribution < 1.29 is 4.79 Å². The maximum atomic E-state index is 11.7. The number of nitrogens with zero attached hydrogens (tertiary/aromatic N) is 2. The molecule has 7 heteroatoms.